The largest absolute Gasteiger partial charge is 0.342 e. The SMILES string of the molecule is CC(C)CCN1CC(=O)NC(C2CCCCC2)C1=O. The van der Waals surface area contributed by atoms with Crippen molar-refractivity contribution in [2.45, 2.75) is 58.4 Å². The normalized spacial score (nSPS) is 25.8. The fourth-order valence-electron chi connectivity index (χ4n) is 3.12. The van der Waals surface area contributed by atoms with Crippen molar-refractivity contribution in [3.63, 3.8) is 0 Å². The lowest BCUT2D eigenvalue weighted by atomic mass is 9.82. The minimum Gasteiger partial charge on any atom is -0.342 e. The zero-order valence-corrected chi connectivity index (χ0v) is 12.2. The molecule has 2 fully saturated rings. The number of hydrogen-bond donors (Lipinski definition) is 1. The maximum Gasteiger partial charge on any atom is 0.245 e. The van der Waals surface area contributed by atoms with Gasteiger partial charge in [0.05, 0.1) is 6.54 Å². The molecule has 2 amide bonds. The molecule has 0 radical (unpaired) electrons. The Morgan fingerprint density at radius 3 is 2.53 bits per heavy atom. The molecule has 4 heteroatoms. The van der Waals surface area contributed by atoms with E-state index in [-0.39, 0.29) is 24.4 Å². The molecule has 1 N–H and O–H groups in total. The van der Waals surface area contributed by atoms with Crippen molar-refractivity contribution in [1.82, 2.24) is 10.2 Å². The molecule has 1 aliphatic carbocycles. The lowest BCUT2D eigenvalue weighted by Gasteiger charge is -2.38. The average molecular weight is 266 g/mol. The summed E-state index contributed by atoms with van der Waals surface area (Å²) in [5.74, 6) is 1.07. The van der Waals surface area contributed by atoms with Crippen LogP contribution >= 0.6 is 0 Å². The summed E-state index contributed by atoms with van der Waals surface area (Å²) >= 11 is 0. The van der Waals surface area contributed by atoms with Gasteiger partial charge in [-0.15, -0.1) is 0 Å². The highest BCUT2D eigenvalue weighted by atomic mass is 16.2. The van der Waals surface area contributed by atoms with E-state index in [0.29, 0.717) is 18.4 Å². The predicted octanol–water partition coefficient (Wildman–Crippen LogP) is 1.94. The molecule has 0 aromatic rings. The van der Waals surface area contributed by atoms with Crippen LogP contribution in [0.2, 0.25) is 0 Å². The Labute approximate surface area is 115 Å². The fourth-order valence-corrected chi connectivity index (χ4v) is 3.12. The van der Waals surface area contributed by atoms with Crippen LogP contribution in [0.3, 0.4) is 0 Å². The van der Waals surface area contributed by atoms with Crippen molar-refractivity contribution in [3.8, 4) is 0 Å². The van der Waals surface area contributed by atoms with Gasteiger partial charge in [0.1, 0.15) is 6.04 Å². The third-order valence-electron chi connectivity index (χ3n) is 4.33. The van der Waals surface area contributed by atoms with Gasteiger partial charge in [0.2, 0.25) is 11.8 Å². The highest BCUT2D eigenvalue weighted by Crippen LogP contribution is 2.28. The van der Waals surface area contributed by atoms with Gasteiger partial charge in [-0.2, -0.15) is 0 Å². The van der Waals surface area contributed by atoms with Crippen molar-refractivity contribution < 1.29 is 9.59 Å². The molecule has 1 atom stereocenters. The number of nitrogens with zero attached hydrogens (tertiary/aromatic N) is 1. The van der Waals surface area contributed by atoms with Crippen LogP contribution in [0.1, 0.15) is 52.4 Å². The first-order valence-electron chi connectivity index (χ1n) is 7.66. The summed E-state index contributed by atoms with van der Waals surface area (Å²) in [6, 6.07) is -0.256. The summed E-state index contributed by atoms with van der Waals surface area (Å²) in [5, 5.41) is 2.92. The highest BCUT2D eigenvalue weighted by molar-refractivity contribution is 5.95. The summed E-state index contributed by atoms with van der Waals surface area (Å²) in [6.45, 7) is 5.25. The molecular formula is C15H26N2O2. The average Bonchev–Trinajstić information content (AvgIpc) is 2.40. The minimum atomic E-state index is -0.256. The van der Waals surface area contributed by atoms with E-state index in [2.05, 4.69) is 19.2 Å². The van der Waals surface area contributed by atoms with Gasteiger partial charge < -0.3 is 10.2 Å². The van der Waals surface area contributed by atoms with E-state index in [0.717, 1.165) is 19.3 Å². The number of piperazine rings is 1. The van der Waals surface area contributed by atoms with Gasteiger partial charge in [-0.3, -0.25) is 9.59 Å². The number of hydrogen-bond acceptors (Lipinski definition) is 2. The van der Waals surface area contributed by atoms with Gasteiger partial charge in [0, 0.05) is 6.54 Å². The van der Waals surface area contributed by atoms with Gasteiger partial charge in [0.15, 0.2) is 0 Å². The summed E-state index contributed by atoms with van der Waals surface area (Å²) in [4.78, 5) is 26.1. The van der Waals surface area contributed by atoms with Crippen LogP contribution in [0, 0.1) is 11.8 Å². The Kier molecular flexibility index (Phi) is 4.83. The zero-order valence-electron chi connectivity index (χ0n) is 12.2. The summed E-state index contributed by atoms with van der Waals surface area (Å²) in [6.07, 6.45) is 6.77. The van der Waals surface area contributed by atoms with E-state index in [9.17, 15) is 9.59 Å². The van der Waals surface area contributed by atoms with Crippen molar-refractivity contribution in [2.75, 3.05) is 13.1 Å². The number of amides is 2. The van der Waals surface area contributed by atoms with E-state index in [1.54, 1.807) is 4.90 Å². The second kappa shape index (κ2) is 6.40. The quantitative estimate of drug-likeness (QED) is 0.845. The van der Waals surface area contributed by atoms with Crippen LogP contribution in [-0.4, -0.2) is 35.8 Å². The molecule has 1 aliphatic heterocycles. The molecule has 1 heterocycles. The summed E-state index contributed by atoms with van der Waals surface area (Å²) in [7, 11) is 0. The zero-order chi connectivity index (χ0) is 13.8. The molecule has 1 saturated heterocycles. The third-order valence-corrected chi connectivity index (χ3v) is 4.33. The maximum absolute atomic E-state index is 12.5. The lowest BCUT2D eigenvalue weighted by molar-refractivity contribution is -0.146. The Morgan fingerprint density at radius 1 is 1.21 bits per heavy atom. The van der Waals surface area contributed by atoms with Crippen molar-refractivity contribution in [3.05, 3.63) is 0 Å². The lowest BCUT2D eigenvalue weighted by Crippen LogP contribution is -2.60. The monoisotopic (exact) mass is 266 g/mol. The van der Waals surface area contributed by atoms with Crippen LogP contribution in [0.5, 0.6) is 0 Å². The van der Waals surface area contributed by atoms with Gasteiger partial charge in [0.25, 0.3) is 0 Å². The Balaban J connectivity index is 1.98. The molecular weight excluding hydrogens is 240 g/mol. The van der Waals surface area contributed by atoms with E-state index >= 15 is 0 Å². The number of rotatable bonds is 4. The van der Waals surface area contributed by atoms with E-state index < -0.39 is 0 Å². The van der Waals surface area contributed by atoms with Crippen LogP contribution in [0.4, 0.5) is 0 Å². The van der Waals surface area contributed by atoms with Crippen molar-refractivity contribution >= 4 is 11.8 Å². The van der Waals surface area contributed by atoms with Gasteiger partial charge in [-0.25, -0.2) is 0 Å². The van der Waals surface area contributed by atoms with E-state index in [1.807, 2.05) is 0 Å². The number of carbonyl (C=O) groups is 2. The molecule has 0 bridgehead atoms. The van der Waals surface area contributed by atoms with Crippen LogP contribution in [-0.2, 0) is 9.59 Å². The molecule has 0 aromatic carbocycles. The first-order chi connectivity index (χ1) is 9.08. The van der Waals surface area contributed by atoms with Crippen LogP contribution in [0.25, 0.3) is 0 Å². The van der Waals surface area contributed by atoms with Crippen molar-refractivity contribution in [2.24, 2.45) is 11.8 Å². The molecule has 1 unspecified atom stereocenters. The molecule has 108 valence electrons. The molecule has 0 aromatic heterocycles. The molecule has 4 nitrogen and oxygen atoms in total. The van der Waals surface area contributed by atoms with Crippen LogP contribution < -0.4 is 5.32 Å². The van der Waals surface area contributed by atoms with Crippen LogP contribution in [0.15, 0.2) is 0 Å². The van der Waals surface area contributed by atoms with Gasteiger partial charge in [-0.1, -0.05) is 33.1 Å². The smallest absolute Gasteiger partial charge is 0.245 e. The fraction of sp³-hybridized carbons (Fsp3) is 0.867. The maximum atomic E-state index is 12.5. The number of carbonyl (C=O) groups excluding carboxylic acids is 2. The molecule has 1 saturated carbocycles. The second-order valence-electron chi connectivity index (χ2n) is 6.39. The molecule has 19 heavy (non-hydrogen) atoms. The first kappa shape index (κ1) is 14.4. The van der Waals surface area contributed by atoms with E-state index in [4.69, 9.17) is 0 Å². The van der Waals surface area contributed by atoms with Gasteiger partial charge in [-0.05, 0) is 31.1 Å². The predicted molar refractivity (Wildman–Crippen MR) is 74.5 cm³/mol. The third kappa shape index (κ3) is 3.71. The standard InChI is InChI=1S/C15H26N2O2/c1-11(2)8-9-17-10-13(18)16-14(15(17)19)12-6-4-3-5-7-12/h11-12,14H,3-10H2,1-2H3,(H,16,18). The van der Waals surface area contributed by atoms with Crippen molar-refractivity contribution in [1.29, 1.82) is 0 Å². The van der Waals surface area contributed by atoms with Gasteiger partial charge >= 0.3 is 0 Å². The Hall–Kier alpha value is -1.06. The molecule has 2 rings (SSSR count). The topological polar surface area (TPSA) is 49.4 Å². The second-order valence-corrected chi connectivity index (χ2v) is 6.39. The summed E-state index contributed by atoms with van der Waals surface area (Å²) in [5.41, 5.74) is 0. The minimum absolute atomic E-state index is 0.0129. The van der Waals surface area contributed by atoms with E-state index in [1.165, 1.54) is 19.3 Å². The highest BCUT2D eigenvalue weighted by Gasteiger charge is 2.37. The first-order valence-corrected chi connectivity index (χ1v) is 7.66. The Morgan fingerprint density at radius 2 is 1.89 bits per heavy atom. The molecule has 0 spiro atoms. The summed E-state index contributed by atoms with van der Waals surface area (Å²) < 4.78 is 0. The Bertz CT molecular complexity index is 335. The molecule has 2 aliphatic rings. The number of nitrogens with one attached hydrogen (secondary N) is 1.